The Morgan fingerprint density at radius 3 is 1.62 bits per heavy atom. The standard InChI is InChI=1S/C42H29N3/c1-42(2)36-17-8-7-14-35(36)38-33-15-9-16-34(32(33)22-23-37(38)42)41-44-39(30-20-18-26-10-3-5-12-28(26)24-30)43-40(45-41)31-21-19-27-11-4-6-13-29(27)25-31/h3-25H,1-2H3. The van der Waals surface area contributed by atoms with Crippen LogP contribution in [0.5, 0.6) is 0 Å². The average molecular weight is 576 g/mol. The summed E-state index contributed by atoms with van der Waals surface area (Å²) in [5, 5.41) is 7.07. The molecule has 0 N–H and O–H groups in total. The lowest BCUT2D eigenvalue weighted by Crippen LogP contribution is -2.14. The number of fused-ring (bicyclic) bond motifs is 7. The molecule has 3 nitrogen and oxygen atoms in total. The lowest BCUT2D eigenvalue weighted by molar-refractivity contribution is 0.661. The first kappa shape index (κ1) is 25.8. The zero-order chi connectivity index (χ0) is 30.1. The maximum Gasteiger partial charge on any atom is 0.164 e. The minimum Gasteiger partial charge on any atom is -0.208 e. The molecule has 0 bridgehead atoms. The second-order valence-electron chi connectivity index (χ2n) is 12.5. The van der Waals surface area contributed by atoms with Gasteiger partial charge in [0.15, 0.2) is 17.5 Å². The highest BCUT2D eigenvalue weighted by Crippen LogP contribution is 2.51. The third-order valence-electron chi connectivity index (χ3n) is 9.50. The van der Waals surface area contributed by atoms with Crippen molar-refractivity contribution in [3.63, 3.8) is 0 Å². The van der Waals surface area contributed by atoms with Crippen molar-refractivity contribution >= 4 is 32.3 Å². The molecular formula is C42H29N3. The van der Waals surface area contributed by atoms with Crippen LogP contribution in [0.3, 0.4) is 0 Å². The Morgan fingerprint density at radius 2 is 0.956 bits per heavy atom. The maximum atomic E-state index is 5.16. The molecule has 212 valence electrons. The van der Waals surface area contributed by atoms with Gasteiger partial charge in [0.25, 0.3) is 0 Å². The van der Waals surface area contributed by atoms with Gasteiger partial charge in [-0.3, -0.25) is 0 Å². The molecule has 0 atom stereocenters. The Morgan fingerprint density at radius 1 is 0.400 bits per heavy atom. The van der Waals surface area contributed by atoms with E-state index in [0.717, 1.165) is 32.8 Å². The zero-order valence-corrected chi connectivity index (χ0v) is 25.1. The number of hydrogen-bond donors (Lipinski definition) is 0. The highest BCUT2D eigenvalue weighted by molar-refractivity contribution is 6.07. The van der Waals surface area contributed by atoms with Crippen LogP contribution in [0.15, 0.2) is 140 Å². The molecular weight excluding hydrogens is 546 g/mol. The van der Waals surface area contributed by atoms with E-state index in [1.54, 1.807) is 0 Å². The normalized spacial score (nSPS) is 13.3. The first-order chi connectivity index (χ1) is 22.0. The fraction of sp³-hybridized carbons (Fsp3) is 0.0714. The van der Waals surface area contributed by atoms with Gasteiger partial charge in [-0.2, -0.15) is 0 Å². The second kappa shape index (κ2) is 9.67. The predicted molar refractivity (Wildman–Crippen MR) is 186 cm³/mol. The van der Waals surface area contributed by atoms with E-state index in [1.807, 2.05) is 0 Å². The summed E-state index contributed by atoms with van der Waals surface area (Å²) in [6.07, 6.45) is 0. The van der Waals surface area contributed by atoms with E-state index in [-0.39, 0.29) is 5.41 Å². The first-order valence-electron chi connectivity index (χ1n) is 15.5. The van der Waals surface area contributed by atoms with Crippen LogP contribution in [0.4, 0.5) is 0 Å². The van der Waals surface area contributed by atoms with Gasteiger partial charge < -0.3 is 0 Å². The summed E-state index contributed by atoms with van der Waals surface area (Å²) in [6, 6.07) is 49.6. The molecule has 3 heteroatoms. The lowest BCUT2D eigenvalue weighted by Gasteiger charge is -2.21. The monoisotopic (exact) mass is 575 g/mol. The van der Waals surface area contributed by atoms with Crippen LogP contribution < -0.4 is 0 Å². The molecule has 0 saturated carbocycles. The van der Waals surface area contributed by atoms with Crippen LogP contribution in [0, 0.1) is 0 Å². The third-order valence-corrected chi connectivity index (χ3v) is 9.50. The van der Waals surface area contributed by atoms with Crippen molar-refractivity contribution in [3.8, 4) is 45.3 Å². The molecule has 0 fully saturated rings. The number of rotatable bonds is 3. The van der Waals surface area contributed by atoms with Crippen molar-refractivity contribution in [3.05, 3.63) is 151 Å². The Labute approximate surface area is 261 Å². The fourth-order valence-electron chi connectivity index (χ4n) is 7.17. The largest absolute Gasteiger partial charge is 0.208 e. The van der Waals surface area contributed by atoms with Gasteiger partial charge in [0, 0.05) is 22.1 Å². The molecule has 0 aliphatic heterocycles. The van der Waals surface area contributed by atoms with Gasteiger partial charge in [0.1, 0.15) is 0 Å². The molecule has 8 aromatic rings. The average Bonchev–Trinajstić information content (AvgIpc) is 3.33. The molecule has 1 aromatic heterocycles. The van der Waals surface area contributed by atoms with Crippen LogP contribution >= 0.6 is 0 Å². The molecule has 0 radical (unpaired) electrons. The van der Waals surface area contributed by atoms with Crippen molar-refractivity contribution in [2.24, 2.45) is 0 Å². The summed E-state index contributed by atoms with van der Waals surface area (Å²) in [5.74, 6) is 2.00. The number of benzene rings is 7. The topological polar surface area (TPSA) is 38.7 Å². The Bertz CT molecular complexity index is 2380. The summed E-state index contributed by atoms with van der Waals surface area (Å²) in [7, 11) is 0. The van der Waals surface area contributed by atoms with Crippen LogP contribution in [-0.2, 0) is 5.41 Å². The van der Waals surface area contributed by atoms with Crippen LogP contribution in [0.1, 0.15) is 25.0 Å². The molecule has 0 spiro atoms. The van der Waals surface area contributed by atoms with Gasteiger partial charge in [-0.05, 0) is 66.7 Å². The van der Waals surface area contributed by atoms with Crippen LogP contribution in [0.25, 0.3) is 77.6 Å². The van der Waals surface area contributed by atoms with E-state index in [1.165, 1.54) is 38.4 Å². The van der Waals surface area contributed by atoms with E-state index in [2.05, 4.69) is 153 Å². The zero-order valence-electron chi connectivity index (χ0n) is 25.1. The molecule has 0 unspecified atom stereocenters. The van der Waals surface area contributed by atoms with Gasteiger partial charge in [0.2, 0.25) is 0 Å². The third kappa shape index (κ3) is 4.01. The van der Waals surface area contributed by atoms with E-state index in [0.29, 0.717) is 17.5 Å². The summed E-state index contributed by atoms with van der Waals surface area (Å²) in [6.45, 7) is 4.65. The van der Waals surface area contributed by atoms with E-state index in [9.17, 15) is 0 Å². The van der Waals surface area contributed by atoms with Crippen LogP contribution in [0.2, 0.25) is 0 Å². The summed E-state index contributed by atoms with van der Waals surface area (Å²) in [4.78, 5) is 15.4. The highest BCUT2D eigenvalue weighted by atomic mass is 15.0. The molecule has 9 rings (SSSR count). The molecule has 1 aliphatic carbocycles. The lowest BCUT2D eigenvalue weighted by atomic mass is 9.82. The van der Waals surface area contributed by atoms with E-state index >= 15 is 0 Å². The number of hydrogen-bond acceptors (Lipinski definition) is 3. The fourth-order valence-corrected chi connectivity index (χ4v) is 7.17. The minimum atomic E-state index is -0.0597. The molecule has 1 heterocycles. The van der Waals surface area contributed by atoms with E-state index in [4.69, 9.17) is 15.0 Å². The van der Waals surface area contributed by atoms with Gasteiger partial charge in [-0.1, -0.05) is 141 Å². The molecule has 0 amide bonds. The second-order valence-corrected chi connectivity index (χ2v) is 12.5. The smallest absolute Gasteiger partial charge is 0.164 e. The van der Waals surface area contributed by atoms with Crippen molar-refractivity contribution in [2.45, 2.75) is 19.3 Å². The van der Waals surface area contributed by atoms with Crippen molar-refractivity contribution < 1.29 is 0 Å². The Hall–Kier alpha value is -5.67. The van der Waals surface area contributed by atoms with Gasteiger partial charge in [-0.25, -0.2) is 15.0 Å². The Balaban J connectivity index is 1.29. The van der Waals surface area contributed by atoms with Crippen LogP contribution in [-0.4, -0.2) is 15.0 Å². The van der Waals surface area contributed by atoms with Crippen molar-refractivity contribution in [2.75, 3.05) is 0 Å². The molecule has 7 aromatic carbocycles. The van der Waals surface area contributed by atoms with Gasteiger partial charge in [0.05, 0.1) is 0 Å². The SMILES string of the molecule is CC1(C)c2ccccc2-c2c1ccc1c(-c3nc(-c4ccc5ccccc5c4)nc(-c4ccc5ccccc5c4)n3)cccc21. The Kier molecular flexibility index (Phi) is 5.54. The number of nitrogens with zero attached hydrogens (tertiary/aromatic N) is 3. The molecule has 1 aliphatic rings. The van der Waals surface area contributed by atoms with Gasteiger partial charge in [-0.15, -0.1) is 0 Å². The summed E-state index contributed by atoms with van der Waals surface area (Å²) < 4.78 is 0. The predicted octanol–water partition coefficient (Wildman–Crippen LogP) is 10.6. The van der Waals surface area contributed by atoms with Gasteiger partial charge >= 0.3 is 0 Å². The maximum absolute atomic E-state index is 5.16. The minimum absolute atomic E-state index is 0.0597. The van der Waals surface area contributed by atoms with Crippen molar-refractivity contribution in [1.82, 2.24) is 15.0 Å². The molecule has 45 heavy (non-hydrogen) atoms. The summed E-state index contributed by atoms with van der Waals surface area (Å²) in [5.41, 5.74) is 8.23. The van der Waals surface area contributed by atoms with Crippen molar-refractivity contribution in [1.29, 1.82) is 0 Å². The summed E-state index contributed by atoms with van der Waals surface area (Å²) >= 11 is 0. The first-order valence-corrected chi connectivity index (χ1v) is 15.5. The van der Waals surface area contributed by atoms with E-state index < -0.39 is 0 Å². The quantitative estimate of drug-likeness (QED) is 0.210. The number of aromatic nitrogens is 3. The highest BCUT2D eigenvalue weighted by Gasteiger charge is 2.36. The molecule has 0 saturated heterocycles.